The summed E-state index contributed by atoms with van der Waals surface area (Å²) in [6.45, 7) is 6.44. The van der Waals surface area contributed by atoms with E-state index in [4.69, 9.17) is 9.05 Å². The van der Waals surface area contributed by atoms with Gasteiger partial charge in [0.25, 0.3) is 0 Å². The van der Waals surface area contributed by atoms with Crippen molar-refractivity contribution in [3.63, 3.8) is 0 Å². The Labute approximate surface area is 138 Å². The van der Waals surface area contributed by atoms with Gasteiger partial charge >= 0.3 is 8.53 Å². The third kappa shape index (κ3) is 3.26. The van der Waals surface area contributed by atoms with E-state index in [0.29, 0.717) is 5.92 Å². The largest absolute Gasteiger partial charge is 0.431 e. The summed E-state index contributed by atoms with van der Waals surface area (Å²) in [5.41, 5.74) is 3.52. The summed E-state index contributed by atoms with van der Waals surface area (Å²) in [5.74, 6) is 1.31. The Balaban J connectivity index is 1.99. The van der Waals surface area contributed by atoms with E-state index in [-0.39, 0.29) is 0 Å². The van der Waals surface area contributed by atoms with Gasteiger partial charge in [-0.05, 0) is 42.2 Å². The average Bonchev–Trinajstić information content (AvgIpc) is 2.96. The molecule has 3 rings (SSSR count). The van der Waals surface area contributed by atoms with Gasteiger partial charge in [0, 0.05) is 18.7 Å². The second kappa shape index (κ2) is 6.74. The van der Waals surface area contributed by atoms with Gasteiger partial charge in [-0.1, -0.05) is 44.2 Å². The second-order valence-corrected chi connectivity index (χ2v) is 7.38. The van der Waals surface area contributed by atoms with Crippen molar-refractivity contribution in [2.75, 3.05) is 7.11 Å². The summed E-state index contributed by atoms with van der Waals surface area (Å²) >= 11 is 0. The van der Waals surface area contributed by atoms with Gasteiger partial charge in [-0.2, -0.15) is 0 Å². The lowest BCUT2D eigenvalue weighted by Gasteiger charge is -2.21. The summed E-state index contributed by atoms with van der Waals surface area (Å²) in [5, 5.41) is 1.19. The Hall–Kier alpha value is -1.83. The molecule has 1 aromatic heterocycles. The summed E-state index contributed by atoms with van der Waals surface area (Å²) in [7, 11) is 0.470. The predicted octanol–water partition coefficient (Wildman–Crippen LogP) is 5.87. The zero-order valence-corrected chi connectivity index (χ0v) is 14.9. The lowest BCUT2D eigenvalue weighted by molar-refractivity contribution is 0.386. The van der Waals surface area contributed by atoms with Crippen molar-refractivity contribution < 1.29 is 9.05 Å². The van der Waals surface area contributed by atoms with Gasteiger partial charge in [-0.15, -0.1) is 0 Å². The van der Waals surface area contributed by atoms with Crippen molar-refractivity contribution in [1.29, 1.82) is 0 Å². The predicted molar refractivity (Wildman–Crippen MR) is 97.2 cm³/mol. The molecule has 1 heterocycles. The van der Waals surface area contributed by atoms with E-state index < -0.39 is 8.53 Å². The number of rotatable bonds is 5. The van der Waals surface area contributed by atoms with Crippen LogP contribution in [0.5, 0.6) is 5.75 Å². The number of aromatic nitrogens is 1. The molecule has 1 atom stereocenters. The molecule has 0 N–H and O–H groups in total. The van der Waals surface area contributed by atoms with Crippen LogP contribution in [-0.2, 0) is 4.52 Å². The zero-order chi connectivity index (χ0) is 16.4. The topological polar surface area (TPSA) is 23.4 Å². The maximum Gasteiger partial charge on any atom is 0.357 e. The van der Waals surface area contributed by atoms with Crippen LogP contribution in [-0.4, -0.2) is 11.4 Å². The Morgan fingerprint density at radius 3 is 2.57 bits per heavy atom. The van der Waals surface area contributed by atoms with Gasteiger partial charge < -0.3 is 9.05 Å². The fraction of sp³-hybridized carbons (Fsp3) is 0.263. The minimum atomic E-state index is -1.23. The molecule has 0 aliphatic heterocycles. The van der Waals surface area contributed by atoms with Gasteiger partial charge in [0.05, 0.1) is 5.52 Å². The van der Waals surface area contributed by atoms with Crippen LogP contribution >= 0.6 is 8.53 Å². The smallest absolute Gasteiger partial charge is 0.357 e. The van der Waals surface area contributed by atoms with Gasteiger partial charge in [0.1, 0.15) is 5.75 Å². The molecule has 0 saturated heterocycles. The standard InChI is InChI=1S/C19H22NO2P/c1-14(2)17-10-9-15(3)13-19(17)22-23(21-4)20-12-11-16-7-5-6-8-18(16)20/h5-14H,1-4H3. The second-order valence-electron chi connectivity index (χ2n) is 5.93. The molecule has 0 spiro atoms. The Morgan fingerprint density at radius 2 is 1.83 bits per heavy atom. The van der Waals surface area contributed by atoms with Crippen LogP contribution in [0.25, 0.3) is 10.9 Å². The molecule has 0 bridgehead atoms. The first-order valence-electron chi connectivity index (χ1n) is 7.79. The molecule has 120 valence electrons. The lowest BCUT2D eigenvalue weighted by atomic mass is 10.0. The maximum absolute atomic E-state index is 6.29. The fourth-order valence-electron chi connectivity index (χ4n) is 2.66. The molecule has 3 nitrogen and oxygen atoms in total. The molecule has 3 aromatic rings. The van der Waals surface area contributed by atoms with E-state index in [0.717, 1.165) is 11.3 Å². The van der Waals surface area contributed by atoms with Crippen LogP contribution < -0.4 is 4.52 Å². The lowest BCUT2D eigenvalue weighted by Crippen LogP contribution is -2.02. The van der Waals surface area contributed by atoms with Crippen molar-refractivity contribution in [2.24, 2.45) is 0 Å². The van der Waals surface area contributed by atoms with Crippen molar-refractivity contribution >= 4 is 19.4 Å². The summed E-state index contributed by atoms with van der Waals surface area (Å²) in [6, 6.07) is 16.7. The highest BCUT2D eigenvalue weighted by molar-refractivity contribution is 7.46. The zero-order valence-electron chi connectivity index (χ0n) is 14.0. The Morgan fingerprint density at radius 1 is 1.04 bits per heavy atom. The summed E-state index contributed by atoms with van der Waals surface area (Å²) < 4.78 is 14.1. The molecule has 23 heavy (non-hydrogen) atoms. The number of hydrogen-bond donors (Lipinski definition) is 0. The highest BCUT2D eigenvalue weighted by Gasteiger charge is 2.19. The minimum absolute atomic E-state index is 0.403. The first-order chi connectivity index (χ1) is 11.1. The van der Waals surface area contributed by atoms with Gasteiger partial charge in [0.15, 0.2) is 0 Å². The van der Waals surface area contributed by atoms with Crippen LogP contribution in [0.1, 0.15) is 30.9 Å². The van der Waals surface area contributed by atoms with Gasteiger partial charge in [-0.3, -0.25) is 4.34 Å². The van der Waals surface area contributed by atoms with Crippen molar-refractivity contribution in [3.8, 4) is 5.75 Å². The monoisotopic (exact) mass is 327 g/mol. The minimum Gasteiger partial charge on any atom is -0.431 e. The third-order valence-corrected chi connectivity index (χ3v) is 5.24. The van der Waals surface area contributed by atoms with Crippen molar-refractivity contribution in [3.05, 3.63) is 65.9 Å². The highest BCUT2D eigenvalue weighted by atomic mass is 31.2. The Kier molecular flexibility index (Phi) is 4.70. The van der Waals surface area contributed by atoms with E-state index in [1.54, 1.807) is 7.11 Å². The number of fused-ring (bicyclic) bond motifs is 1. The van der Waals surface area contributed by atoms with Crippen LogP contribution in [0.3, 0.4) is 0 Å². The quantitative estimate of drug-likeness (QED) is 0.547. The van der Waals surface area contributed by atoms with E-state index >= 15 is 0 Å². The van der Waals surface area contributed by atoms with Crippen LogP contribution in [0.2, 0.25) is 0 Å². The Bertz CT molecular complexity index is 810. The molecule has 0 amide bonds. The third-order valence-electron chi connectivity index (χ3n) is 3.88. The van der Waals surface area contributed by atoms with Crippen molar-refractivity contribution in [1.82, 2.24) is 4.34 Å². The van der Waals surface area contributed by atoms with E-state index in [2.05, 4.69) is 61.5 Å². The highest BCUT2D eigenvalue weighted by Crippen LogP contribution is 2.45. The summed E-state index contributed by atoms with van der Waals surface area (Å²) in [6.07, 6.45) is 2.03. The number of benzene rings is 2. The van der Waals surface area contributed by atoms with E-state index in [1.165, 1.54) is 16.5 Å². The summed E-state index contributed by atoms with van der Waals surface area (Å²) in [4.78, 5) is 0. The first-order valence-corrected chi connectivity index (χ1v) is 8.92. The van der Waals surface area contributed by atoms with Crippen LogP contribution in [0.15, 0.2) is 54.7 Å². The van der Waals surface area contributed by atoms with Crippen LogP contribution in [0, 0.1) is 6.92 Å². The fourth-order valence-corrected chi connectivity index (χ4v) is 3.86. The molecular weight excluding hydrogens is 305 g/mol. The average molecular weight is 327 g/mol. The van der Waals surface area contributed by atoms with Crippen LogP contribution in [0.4, 0.5) is 0 Å². The SMILES string of the molecule is COP(Oc1cc(C)ccc1C(C)C)n1ccc2ccccc21. The first kappa shape index (κ1) is 16.0. The number of hydrogen-bond acceptors (Lipinski definition) is 2. The molecule has 0 radical (unpaired) electrons. The number of nitrogens with zero attached hydrogens (tertiary/aromatic N) is 1. The molecule has 0 fully saturated rings. The van der Waals surface area contributed by atoms with Gasteiger partial charge in [-0.25, -0.2) is 0 Å². The molecule has 1 unspecified atom stereocenters. The normalized spacial score (nSPS) is 12.7. The van der Waals surface area contributed by atoms with E-state index in [9.17, 15) is 0 Å². The van der Waals surface area contributed by atoms with Crippen molar-refractivity contribution in [2.45, 2.75) is 26.7 Å². The molecule has 4 heteroatoms. The number of para-hydroxylation sites is 1. The number of aryl methyl sites for hydroxylation is 1. The van der Waals surface area contributed by atoms with E-state index in [1.807, 2.05) is 18.3 Å². The molecular formula is C19H22NO2P. The maximum atomic E-state index is 6.29. The molecule has 0 aliphatic rings. The molecule has 0 aliphatic carbocycles. The molecule has 0 saturated carbocycles. The van der Waals surface area contributed by atoms with Gasteiger partial charge in [0.2, 0.25) is 0 Å². The molecule has 2 aromatic carbocycles.